The lowest BCUT2D eigenvalue weighted by Crippen LogP contribution is -2.54. The van der Waals surface area contributed by atoms with E-state index in [0.717, 1.165) is 38.0 Å². The summed E-state index contributed by atoms with van der Waals surface area (Å²) >= 11 is 0. The predicted molar refractivity (Wildman–Crippen MR) is 189 cm³/mol. The number of rotatable bonds is 9. The van der Waals surface area contributed by atoms with E-state index >= 15 is 0 Å². The molecule has 4 aliphatic rings. The minimum Gasteiger partial charge on any atom is -0.315 e. The first-order chi connectivity index (χ1) is 20.9. The summed E-state index contributed by atoms with van der Waals surface area (Å²) < 4.78 is 0. The van der Waals surface area contributed by atoms with Crippen molar-refractivity contribution in [3.8, 4) is 0 Å². The van der Waals surface area contributed by atoms with E-state index in [1.165, 1.54) is 75.3 Å². The Morgan fingerprint density at radius 1 is 0.614 bits per heavy atom. The van der Waals surface area contributed by atoms with E-state index < -0.39 is 0 Å². The van der Waals surface area contributed by atoms with Gasteiger partial charge < -0.3 is 10.6 Å². The Bertz CT molecular complexity index is 1220. The number of hydrogen-bond acceptors (Lipinski definition) is 2. The smallest absolute Gasteiger partial charge is 0.00769 e. The Morgan fingerprint density at radius 2 is 1.02 bits per heavy atom. The summed E-state index contributed by atoms with van der Waals surface area (Å²) in [5.74, 6) is 2.77. The quantitative estimate of drug-likeness (QED) is 0.282. The van der Waals surface area contributed by atoms with Gasteiger partial charge in [0.15, 0.2) is 0 Å². The van der Waals surface area contributed by atoms with Crippen LogP contribution in [0.25, 0.3) is 0 Å². The minimum atomic E-state index is 0.327. The largest absolute Gasteiger partial charge is 0.315 e. The van der Waals surface area contributed by atoms with Gasteiger partial charge in [0.1, 0.15) is 0 Å². The molecule has 2 heteroatoms. The molecule has 0 saturated heterocycles. The zero-order chi connectivity index (χ0) is 31.3. The zero-order valence-electron chi connectivity index (χ0n) is 29.7. The number of nitrogens with one attached hydrogen (secondary N) is 2. The predicted octanol–water partition coefficient (Wildman–Crippen LogP) is 9.83. The van der Waals surface area contributed by atoms with Crippen LogP contribution in [-0.4, -0.2) is 26.2 Å². The van der Waals surface area contributed by atoms with Crippen molar-refractivity contribution in [2.75, 3.05) is 26.2 Å². The molecule has 242 valence electrons. The minimum absolute atomic E-state index is 0.327. The average molecular weight is 597 g/mol. The molecule has 2 fully saturated rings. The average Bonchev–Trinajstić information content (AvgIpc) is 2.98. The first-order valence-electron chi connectivity index (χ1n) is 18.6. The molecule has 2 N–H and O–H groups in total. The van der Waals surface area contributed by atoms with Gasteiger partial charge in [0, 0.05) is 26.2 Å². The molecule has 6 atom stereocenters. The Morgan fingerprint density at radius 3 is 1.41 bits per heavy atom. The normalized spacial score (nSPS) is 34.8. The maximum Gasteiger partial charge on any atom is 0.00769 e. The second kappa shape index (κ2) is 12.2. The molecular weight excluding hydrogens is 532 g/mol. The van der Waals surface area contributed by atoms with Crippen LogP contribution in [0.15, 0.2) is 36.4 Å². The standard InChI is InChI=1S/C42H64N2/c1-29(2)31-11-15-35-33(25-31)13-17-37-39(5,19-9-21-41(35,37)7)27-43-23-24-44-28-40(6)20-10-22-42(8)36-16-12-32(30(3)4)26-34(36)14-18-38(40)42/h11-12,15-16,25-26,29-30,37-38,43-44H,9-10,13-14,17-24,27-28H2,1-8H3/t37-,38?,39-,40-,41+,42+/m0/s1. The van der Waals surface area contributed by atoms with Crippen LogP contribution in [0.3, 0.4) is 0 Å². The summed E-state index contributed by atoms with van der Waals surface area (Å²) in [5, 5.41) is 7.95. The Kier molecular flexibility index (Phi) is 8.95. The van der Waals surface area contributed by atoms with E-state index in [-0.39, 0.29) is 0 Å². The zero-order valence-corrected chi connectivity index (χ0v) is 29.7. The third kappa shape index (κ3) is 5.63. The highest BCUT2D eigenvalue weighted by Gasteiger charge is 2.52. The van der Waals surface area contributed by atoms with Crippen LogP contribution in [0.4, 0.5) is 0 Å². The maximum atomic E-state index is 3.97. The molecule has 0 heterocycles. The maximum absolute atomic E-state index is 3.97. The third-order valence-electron chi connectivity index (χ3n) is 13.9. The van der Waals surface area contributed by atoms with E-state index in [2.05, 4.69) is 102 Å². The monoisotopic (exact) mass is 597 g/mol. The Labute approximate surface area is 271 Å². The molecule has 44 heavy (non-hydrogen) atoms. The van der Waals surface area contributed by atoms with Gasteiger partial charge in [-0.25, -0.2) is 0 Å². The first kappa shape index (κ1) is 32.3. The van der Waals surface area contributed by atoms with Crippen molar-refractivity contribution in [3.05, 3.63) is 69.8 Å². The Hall–Kier alpha value is -1.64. The molecule has 2 nitrogen and oxygen atoms in total. The first-order valence-corrected chi connectivity index (χ1v) is 18.6. The van der Waals surface area contributed by atoms with Gasteiger partial charge in [-0.1, -0.05) is 105 Å². The lowest BCUT2D eigenvalue weighted by Gasteiger charge is -2.56. The third-order valence-corrected chi connectivity index (χ3v) is 13.9. The van der Waals surface area contributed by atoms with Crippen LogP contribution in [0.1, 0.15) is 152 Å². The molecule has 2 saturated carbocycles. The molecule has 0 bridgehead atoms. The van der Waals surface area contributed by atoms with Crippen molar-refractivity contribution in [2.45, 2.75) is 142 Å². The SMILES string of the molecule is CC(C)c1ccc2c(c1)CCC1[C@](C)(CNCCNC[C@]3(C)CCC[C@]4(C)c5ccc(C(C)C)cc5CC[C@@H]34)CCC[C@]21C. The fourth-order valence-corrected chi connectivity index (χ4v) is 11.4. The lowest BCUT2D eigenvalue weighted by molar-refractivity contribution is 0.0234. The van der Waals surface area contributed by atoms with E-state index in [1.54, 1.807) is 22.3 Å². The molecule has 2 aromatic carbocycles. The molecular formula is C42H64N2. The molecule has 0 amide bonds. The van der Waals surface area contributed by atoms with Crippen LogP contribution in [-0.2, 0) is 23.7 Å². The van der Waals surface area contributed by atoms with E-state index in [0.29, 0.717) is 33.5 Å². The van der Waals surface area contributed by atoms with Crippen molar-refractivity contribution < 1.29 is 0 Å². The number of hydrogen-bond donors (Lipinski definition) is 2. The van der Waals surface area contributed by atoms with Crippen molar-refractivity contribution in [1.29, 1.82) is 0 Å². The van der Waals surface area contributed by atoms with E-state index in [4.69, 9.17) is 0 Å². The van der Waals surface area contributed by atoms with Crippen LogP contribution in [0, 0.1) is 22.7 Å². The summed E-state index contributed by atoms with van der Waals surface area (Å²) in [7, 11) is 0. The second-order valence-electron chi connectivity index (χ2n) is 17.5. The van der Waals surface area contributed by atoms with Gasteiger partial charge in [0.05, 0.1) is 0 Å². The molecule has 2 aromatic rings. The molecule has 4 aliphatic carbocycles. The molecule has 0 aromatic heterocycles. The summed E-state index contributed by atoms with van der Waals surface area (Å²) in [4.78, 5) is 0. The van der Waals surface area contributed by atoms with E-state index in [9.17, 15) is 0 Å². The van der Waals surface area contributed by atoms with Crippen molar-refractivity contribution in [1.82, 2.24) is 10.6 Å². The van der Waals surface area contributed by atoms with Crippen molar-refractivity contribution >= 4 is 0 Å². The van der Waals surface area contributed by atoms with Crippen LogP contribution in [0.2, 0.25) is 0 Å². The Balaban J connectivity index is 1.04. The van der Waals surface area contributed by atoms with Crippen molar-refractivity contribution in [2.24, 2.45) is 22.7 Å². The second-order valence-corrected chi connectivity index (χ2v) is 17.5. The highest BCUT2D eigenvalue weighted by atomic mass is 15.0. The molecule has 0 aliphatic heterocycles. The van der Waals surface area contributed by atoms with Gasteiger partial charge in [0.2, 0.25) is 0 Å². The molecule has 6 rings (SSSR count). The van der Waals surface area contributed by atoms with Gasteiger partial charge in [0.25, 0.3) is 0 Å². The van der Waals surface area contributed by atoms with E-state index in [1.807, 2.05) is 0 Å². The van der Waals surface area contributed by atoms with Crippen molar-refractivity contribution in [3.63, 3.8) is 0 Å². The summed E-state index contributed by atoms with van der Waals surface area (Å²) in [5.41, 5.74) is 11.1. The number of aryl methyl sites for hydroxylation is 2. The van der Waals surface area contributed by atoms with Gasteiger partial charge in [-0.3, -0.25) is 0 Å². The molecule has 1 unspecified atom stereocenters. The van der Waals surface area contributed by atoms with Gasteiger partial charge >= 0.3 is 0 Å². The summed E-state index contributed by atoms with van der Waals surface area (Å²) in [6.45, 7) is 24.2. The highest BCUT2D eigenvalue weighted by Crippen LogP contribution is 2.58. The summed E-state index contributed by atoms with van der Waals surface area (Å²) in [6.07, 6.45) is 13.4. The summed E-state index contributed by atoms with van der Waals surface area (Å²) in [6, 6.07) is 15.0. The van der Waals surface area contributed by atoms with Crippen LogP contribution >= 0.6 is 0 Å². The number of benzene rings is 2. The van der Waals surface area contributed by atoms with Gasteiger partial charge in [-0.05, 0) is 130 Å². The lowest BCUT2D eigenvalue weighted by atomic mass is 9.49. The molecule has 0 spiro atoms. The fraction of sp³-hybridized carbons (Fsp3) is 0.714. The van der Waals surface area contributed by atoms with Gasteiger partial charge in [-0.2, -0.15) is 0 Å². The highest BCUT2D eigenvalue weighted by molar-refractivity contribution is 5.43. The fourth-order valence-electron chi connectivity index (χ4n) is 11.4. The molecule has 0 radical (unpaired) electrons. The number of fused-ring (bicyclic) bond motifs is 6. The van der Waals surface area contributed by atoms with Gasteiger partial charge in [-0.15, -0.1) is 0 Å². The van der Waals surface area contributed by atoms with Crippen LogP contribution in [0.5, 0.6) is 0 Å². The van der Waals surface area contributed by atoms with Crippen LogP contribution < -0.4 is 10.6 Å². The topological polar surface area (TPSA) is 24.1 Å².